The zero-order valence-electron chi connectivity index (χ0n) is 19.3. The van der Waals surface area contributed by atoms with Crippen molar-refractivity contribution in [1.82, 2.24) is 14.7 Å². The number of nitrogens with one attached hydrogen (secondary N) is 1. The molecule has 0 aliphatic carbocycles. The third-order valence-electron chi connectivity index (χ3n) is 5.70. The van der Waals surface area contributed by atoms with Crippen LogP contribution in [0.25, 0.3) is 5.69 Å². The Morgan fingerprint density at radius 2 is 1.86 bits per heavy atom. The lowest BCUT2D eigenvalue weighted by atomic mass is 10.1. The molecule has 12 heteroatoms. The molecule has 0 atom stereocenters. The van der Waals surface area contributed by atoms with Gasteiger partial charge in [0.2, 0.25) is 5.43 Å². The molecule has 3 N–H and O–H groups in total. The molecule has 2 heterocycles. The number of ether oxygens (including phenoxy) is 1. The van der Waals surface area contributed by atoms with Crippen molar-refractivity contribution in [1.29, 1.82) is 0 Å². The Morgan fingerprint density at radius 1 is 1.08 bits per heavy atom. The van der Waals surface area contributed by atoms with Gasteiger partial charge in [0.05, 0.1) is 17.2 Å². The number of amides is 1. The number of carbonyl (C=O) groups excluding carboxylic acids is 1. The van der Waals surface area contributed by atoms with Crippen molar-refractivity contribution < 1.29 is 27.4 Å². The number of anilines is 1. The third-order valence-corrected chi connectivity index (χ3v) is 7.37. The van der Waals surface area contributed by atoms with Gasteiger partial charge in [-0.15, -0.1) is 0 Å². The minimum Gasteiger partial charge on any atom is -0.448 e. The largest absolute Gasteiger partial charge is 0.448 e. The quantitative estimate of drug-likeness (QED) is 0.435. The molecule has 4 rings (SSSR count). The van der Waals surface area contributed by atoms with Crippen LogP contribution in [0.1, 0.15) is 11.3 Å². The molecular formula is C24H26F2N4O5S. The van der Waals surface area contributed by atoms with Gasteiger partial charge in [-0.05, 0) is 29.8 Å². The molecule has 0 unspecified atom stereocenters. The molecule has 0 saturated carbocycles. The van der Waals surface area contributed by atoms with Crippen LogP contribution in [0.2, 0.25) is 0 Å². The van der Waals surface area contributed by atoms with Gasteiger partial charge in [-0.2, -0.15) is 15.7 Å². The third kappa shape index (κ3) is 6.88. The highest BCUT2D eigenvalue weighted by Gasteiger charge is 2.22. The number of benzene rings is 2. The highest BCUT2D eigenvalue weighted by molar-refractivity contribution is 8.24. The Kier molecular flexibility index (Phi) is 7.99. The molecule has 1 aliphatic heterocycles. The van der Waals surface area contributed by atoms with Gasteiger partial charge in [-0.1, -0.05) is 12.1 Å². The second-order valence-corrected chi connectivity index (χ2v) is 10.8. The first-order valence-corrected chi connectivity index (χ1v) is 13.1. The summed E-state index contributed by atoms with van der Waals surface area (Å²) < 4.78 is 52.7. The Labute approximate surface area is 207 Å². The van der Waals surface area contributed by atoms with Gasteiger partial charge in [0.1, 0.15) is 12.3 Å². The number of rotatable bonds is 7. The molecule has 192 valence electrons. The Hall–Kier alpha value is -3.32. The second kappa shape index (κ2) is 11.2. The van der Waals surface area contributed by atoms with E-state index in [9.17, 15) is 27.5 Å². The standard InChI is InChI=1S/C24H26F2N4O5S/c25-20-5-4-19(16-21(20)26)30-7-6-23(31)22(28-30)15-17-2-1-3-18(14-17)27-24(32)35-11-8-29-9-12-36(33,34)13-10-29/h1-7,14,16,33-34H,8-13,15H2,(H,27,32). The van der Waals surface area contributed by atoms with Crippen LogP contribution in [0.15, 0.2) is 59.5 Å². The maximum Gasteiger partial charge on any atom is 0.411 e. The van der Waals surface area contributed by atoms with Crippen molar-refractivity contribution in [3.8, 4) is 5.69 Å². The second-order valence-electron chi connectivity index (χ2n) is 8.36. The van der Waals surface area contributed by atoms with Crippen molar-refractivity contribution in [2.75, 3.05) is 43.1 Å². The molecule has 0 bridgehead atoms. The first-order chi connectivity index (χ1) is 17.2. The summed E-state index contributed by atoms with van der Waals surface area (Å²) in [6, 6.07) is 11.5. The Balaban J connectivity index is 1.34. The maximum absolute atomic E-state index is 13.6. The summed E-state index contributed by atoms with van der Waals surface area (Å²) in [6.45, 7) is 1.73. The summed E-state index contributed by atoms with van der Waals surface area (Å²) in [5.41, 5.74) is 1.32. The van der Waals surface area contributed by atoms with E-state index in [4.69, 9.17) is 4.74 Å². The Bertz CT molecular complexity index is 1290. The molecule has 1 fully saturated rings. The molecule has 1 aliphatic rings. The topological polar surface area (TPSA) is 117 Å². The summed E-state index contributed by atoms with van der Waals surface area (Å²) in [5, 5.41) is 6.91. The van der Waals surface area contributed by atoms with Crippen LogP contribution in [0.4, 0.5) is 19.3 Å². The molecule has 3 aromatic rings. The van der Waals surface area contributed by atoms with Crippen molar-refractivity contribution >= 4 is 22.4 Å². The van der Waals surface area contributed by atoms with E-state index >= 15 is 0 Å². The number of hydrogen-bond donors (Lipinski definition) is 3. The van der Waals surface area contributed by atoms with E-state index < -0.39 is 28.3 Å². The fourth-order valence-corrected chi connectivity index (χ4v) is 5.01. The van der Waals surface area contributed by atoms with Gasteiger partial charge in [0.25, 0.3) is 0 Å². The molecule has 0 radical (unpaired) electrons. The van der Waals surface area contributed by atoms with Crippen LogP contribution >= 0.6 is 10.6 Å². The highest BCUT2D eigenvalue weighted by Crippen LogP contribution is 2.40. The van der Waals surface area contributed by atoms with E-state index in [2.05, 4.69) is 10.4 Å². The number of carbonyl (C=O) groups is 1. The number of hydrogen-bond acceptors (Lipinski definition) is 7. The predicted octanol–water partition coefficient (Wildman–Crippen LogP) is 3.72. The molecule has 2 aromatic carbocycles. The van der Waals surface area contributed by atoms with Crippen LogP contribution in [0.5, 0.6) is 0 Å². The fraction of sp³-hybridized carbons (Fsp3) is 0.292. The minimum atomic E-state index is -2.46. The van der Waals surface area contributed by atoms with Gasteiger partial charge in [0, 0.05) is 50.1 Å². The Morgan fingerprint density at radius 3 is 2.61 bits per heavy atom. The van der Waals surface area contributed by atoms with E-state index in [-0.39, 0.29) is 29.8 Å². The average Bonchev–Trinajstić information content (AvgIpc) is 2.83. The first kappa shape index (κ1) is 25.8. The monoisotopic (exact) mass is 520 g/mol. The van der Waals surface area contributed by atoms with E-state index in [0.717, 1.165) is 12.1 Å². The summed E-state index contributed by atoms with van der Waals surface area (Å²) in [5.74, 6) is -1.34. The van der Waals surface area contributed by atoms with Crippen molar-refractivity contribution in [2.24, 2.45) is 0 Å². The smallest absolute Gasteiger partial charge is 0.411 e. The van der Waals surface area contributed by atoms with E-state index in [1.54, 1.807) is 24.3 Å². The molecule has 1 aromatic heterocycles. The molecule has 1 saturated heterocycles. The van der Waals surface area contributed by atoms with E-state index in [1.165, 1.54) is 23.0 Å². The molecule has 0 spiro atoms. The molecule has 1 amide bonds. The van der Waals surface area contributed by atoms with E-state index in [0.29, 0.717) is 42.4 Å². The summed E-state index contributed by atoms with van der Waals surface area (Å²) >= 11 is 0. The summed E-state index contributed by atoms with van der Waals surface area (Å²) in [4.78, 5) is 26.5. The zero-order valence-corrected chi connectivity index (χ0v) is 20.1. The number of aromatic nitrogens is 2. The number of nitrogens with zero attached hydrogens (tertiary/aromatic N) is 3. The van der Waals surface area contributed by atoms with Crippen LogP contribution in [0.3, 0.4) is 0 Å². The average molecular weight is 521 g/mol. The minimum absolute atomic E-state index is 0.155. The summed E-state index contributed by atoms with van der Waals surface area (Å²) in [7, 11) is -2.46. The lowest BCUT2D eigenvalue weighted by Crippen LogP contribution is -2.40. The van der Waals surface area contributed by atoms with Gasteiger partial charge in [-0.3, -0.25) is 24.1 Å². The summed E-state index contributed by atoms with van der Waals surface area (Å²) in [6.07, 6.45) is 0.899. The lowest BCUT2D eigenvalue weighted by molar-refractivity contribution is 0.141. The highest BCUT2D eigenvalue weighted by atomic mass is 32.3. The van der Waals surface area contributed by atoms with Crippen molar-refractivity contribution in [2.45, 2.75) is 6.42 Å². The first-order valence-electron chi connectivity index (χ1n) is 11.2. The predicted molar refractivity (Wildman–Crippen MR) is 133 cm³/mol. The van der Waals surface area contributed by atoms with Gasteiger partial charge >= 0.3 is 6.09 Å². The molecule has 9 nitrogen and oxygen atoms in total. The normalized spacial score (nSPS) is 16.3. The van der Waals surface area contributed by atoms with Crippen LogP contribution in [-0.4, -0.2) is 67.6 Å². The van der Waals surface area contributed by atoms with Crippen LogP contribution < -0.4 is 10.7 Å². The maximum atomic E-state index is 13.6. The fourth-order valence-electron chi connectivity index (χ4n) is 3.70. The van der Waals surface area contributed by atoms with Crippen LogP contribution in [0, 0.1) is 11.6 Å². The number of halogens is 2. The van der Waals surface area contributed by atoms with Gasteiger partial charge < -0.3 is 4.74 Å². The zero-order chi connectivity index (χ0) is 25.7. The van der Waals surface area contributed by atoms with Gasteiger partial charge in [0.15, 0.2) is 11.6 Å². The SMILES string of the molecule is O=C(Nc1cccc(Cc2nn(-c3ccc(F)c(F)c3)ccc2=O)c1)OCCN1CCS(O)(O)CC1. The lowest BCUT2D eigenvalue weighted by Gasteiger charge is -2.40. The van der Waals surface area contributed by atoms with Crippen LogP contribution in [-0.2, 0) is 11.2 Å². The van der Waals surface area contributed by atoms with Crippen molar-refractivity contribution in [3.63, 3.8) is 0 Å². The molecule has 36 heavy (non-hydrogen) atoms. The van der Waals surface area contributed by atoms with Crippen molar-refractivity contribution in [3.05, 3.63) is 87.8 Å². The van der Waals surface area contributed by atoms with E-state index in [1.807, 2.05) is 4.90 Å². The van der Waals surface area contributed by atoms with Gasteiger partial charge in [-0.25, -0.2) is 18.3 Å². The molecular weight excluding hydrogens is 494 g/mol.